The average Bonchev–Trinajstić information content (AvgIpc) is 3.54. The van der Waals surface area contributed by atoms with Crippen molar-refractivity contribution >= 4 is 44.5 Å². The molecule has 0 unspecified atom stereocenters. The molecule has 7 rings (SSSR count). The Bertz CT molecular complexity index is 1530. The molecule has 4 aliphatic rings. The Hall–Kier alpha value is -3.29. The second-order valence-electron chi connectivity index (χ2n) is 11.0. The minimum atomic E-state index is -0.725. The maximum absolute atomic E-state index is 13.8. The minimum absolute atomic E-state index is 0.0716. The smallest absolute Gasteiger partial charge is 0.323 e. The Morgan fingerprint density at radius 3 is 2.39 bits per heavy atom. The first-order chi connectivity index (χ1) is 18.4. The lowest BCUT2D eigenvalue weighted by Gasteiger charge is -2.52. The van der Waals surface area contributed by atoms with E-state index in [1.165, 1.54) is 12.0 Å². The minimum Gasteiger partial charge on any atom is -0.468 e. The molecule has 192 valence electrons. The van der Waals surface area contributed by atoms with Gasteiger partial charge in [-0.3, -0.25) is 24.6 Å². The van der Waals surface area contributed by atoms with Gasteiger partial charge in [0.05, 0.1) is 18.9 Å². The van der Waals surface area contributed by atoms with Gasteiger partial charge in [0.1, 0.15) is 6.04 Å². The second-order valence-corrected chi connectivity index (χ2v) is 11.9. The first-order valence-corrected chi connectivity index (χ1v) is 13.7. The molecule has 8 atom stereocenters. The SMILES string of the molecule is COC(=O)[C@@H]1N[C@H](c2ccc(Br)cc2)[C@H]2[C@H]3C=C[C@@]2([C@@H]2C(=O)N(C)C(=O)[C@H]32)[C@H]1c1ccc2ccccc2c1. The van der Waals surface area contributed by atoms with Crippen molar-refractivity contribution < 1.29 is 19.1 Å². The van der Waals surface area contributed by atoms with E-state index in [4.69, 9.17) is 4.74 Å². The van der Waals surface area contributed by atoms with Crippen LogP contribution in [0.4, 0.5) is 0 Å². The van der Waals surface area contributed by atoms with Crippen molar-refractivity contribution in [2.75, 3.05) is 14.2 Å². The summed E-state index contributed by atoms with van der Waals surface area (Å²) in [5.74, 6) is -2.17. The van der Waals surface area contributed by atoms with E-state index in [2.05, 4.69) is 63.7 Å². The molecule has 3 aromatic carbocycles. The number of benzene rings is 3. The molecule has 2 bridgehead atoms. The number of nitrogens with zero attached hydrogens (tertiary/aromatic N) is 1. The average molecular weight is 571 g/mol. The van der Waals surface area contributed by atoms with Crippen LogP contribution < -0.4 is 5.32 Å². The molecule has 2 saturated heterocycles. The molecule has 3 fully saturated rings. The van der Waals surface area contributed by atoms with E-state index in [9.17, 15) is 14.4 Å². The van der Waals surface area contributed by atoms with Crippen LogP contribution >= 0.6 is 15.9 Å². The van der Waals surface area contributed by atoms with Crippen molar-refractivity contribution in [1.82, 2.24) is 10.2 Å². The van der Waals surface area contributed by atoms with Gasteiger partial charge in [0.2, 0.25) is 11.8 Å². The zero-order valence-corrected chi connectivity index (χ0v) is 22.6. The molecule has 2 heterocycles. The number of nitrogens with one attached hydrogen (secondary N) is 1. The maximum atomic E-state index is 13.8. The van der Waals surface area contributed by atoms with E-state index in [0.717, 1.165) is 26.4 Å². The van der Waals surface area contributed by atoms with Gasteiger partial charge in [-0.25, -0.2) is 0 Å². The van der Waals surface area contributed by atoms with E-state index in [-0.39, 0.29) is 35.7 Å². The van der Waals surface area contributed by atoms with Crippen LogP contribution in [-0.4, -0.2) is 42.9 Å². The van der Waals surface area contributed by atoms with Crippen LogP contribution in [0, 0.1) is 29.1 Å². The first kappa shape index (κ1) is 23.8. The molecule has 0 spiro atoms. The summed E-state index contributed by atoms with van der Waals surface area (Å²) in [5.41, 5.74) is 1.26. The van der Waals surface area contributed by atoms with Crippen molar-refractivity contribution in [3.63, 3.8) is 0 Å². The zero-order valence-electron chi connectivity index (χ0n) is 21.0. The summed E-state index contributed by atoms with van der Waals surface area (Å²) >= 11 is 3.53. The van der Waals surface area contributed by atoms with Gasteiger partial charge in [0, 0.05) is 28.9 Å². The summed E-state index contributed by atoms with van der Waals surface area (Å²) in [5, 5.41) is 5.84. The van der Waals surface area contributed by atoms with Crippen LogP contribution in [0.3, 0.4) is 0 Å². The highest BCUT2D eigenvalue weighted by Crippen LogP contribution is 2.72. The molecule has 2 aliphatic carbocycles. The fourth-order valence-electron chi connectivity index (χ4n) is 8.13. The number of piperidine rings is 1. The Morgan fingerprint density at radius 1 is 0.947 bits per heavy atom. The van der Waals surface area contributed by atoms with Crippen molar-refractivity contribution in [2.24, 2.45) is 29.1 Å². The molecule has 7 heteroatoms. The summed E-state index contributed by atoms with van der Waals surface area (Å²) in [6.07, 6.45) is 4.30. The highest BCUT2D eigenvalue weighted by atomic mass is 79.9. The maximum Gasteiger partial charge on any atom is 0.323 e. The predicted molar refractivity (Wildman–Crippen MR) is 146 cm³/mol. The van der Waals surface area contributed by atoms with Gasteiger partial charge in [-0.05, 0) is 45.9 Å². The number of carbonyl (C=O) groups is 3. The van der Waals surface area contributed by atoms with Crippen molar-refractivity contribution in [2.45, 2.75) is 18.0 Å². The van der Waals surface area contributed by atoms with Crippen LogP contribution in [0.1, 0.15) is 23.1 Å². The molecule has 0 aromatic heterocycles. The molecule has 2 amide bonds. The molecular weight excluding hydrogens is 544 g/mol. The molecule has 38 heavy (non-hydrogen) atoms. The van der Waals surface area contributed by atoms with Crippen LogP contribution in [-0.2, 0) is 19.1 Å². The number of carbonyl (C=O) groups excluding carboxylic acids is 3. The molecule has 2 aliphatic heterocycles. The Balaban J connectivity index is 1.48. The molecule has 1 saturated carbocycles. The van der Waals surface area contributed by atoms with Crippen molar-refractivity contribution in [3.8, 4) is 0 Å². The number of imide groups is 1. The number of esters is 1. The molecule has 1 N–H and O–H groups in total. The van der Waals surface area contributed by atoms with Gasteiger partial charge < -0.3 is 4.74 Å². The Kier molecular flexibility index (Phi) is 5.23. The number of hydrogen-bond acceptors (Lipinski definition) is 5. The van der Waals surface area contributed by atoms with E-state index in [1.54, 1.807) is 7.05 Å². The standard InChI is InChI=1S/C31H27BrN2O4/c1-34-28(35)22-21-13-14-31(25(22)29(34)36)23(19-8-7-16-5-3-4-6-18(16)15-19)27(30(37)38-2)33-26(24(21)31)17-9-11-20(32)12-10-17/h3-15,21-27,33H,1-2H3/t21-,22+,23-,24+,25-,26+,27+,31+/m0/s1. The Morgan fingerprint density at radius 2 is 1.66 bits per heavy atom. The monoisotopic (exact) mass is 570 g/mol. The predicted octanol–water partition coefficient (Wildman–Crippen LogP) is 4.61. The van der Waals surface area contributed by atoms with Gasteiger partial charge in [0.15, 0.2) is 0 Å². The van der Waals surface area contributed by atoms with Crippen LogP contribution in [0.2, 0.25) is 0 Å². The van der Waals surface area contributed by atoms with Gasteiger partial charge >= 0.3 is 5.97 Å². The van der Waals surface area contributed by atoms with E-state index in [1.807, 2.05) is 36.4 Å². The highest BCUT2D eigenvalue weighted by Gasteiger charge is 2.76. The highest BCUT2D eigenvalue weighted by molar-refractivity contribution is 9.10. The second kappa shape index (κ2) is 8.35. The number of methoxy groups -OCH3 is 1. The van der Waals surface area contributed by atoms with Gasteiger partial charge in [-0.2, -0.15) is 0 Å². The number of amides is 2. The van der Waals surface area contributed by atoms with Crippen LogP contribution in [0.5, 0.6) is 0 Å². The lowest BCUT2D eigenvalue weighted by Crippen LogP contribution is -2.60. The van der Waals surface area contributed by atoms with Gasteiger partial charge in [-0.15, -0.1) is 0 Å². The summed E-state index contributed by atoms with van der Waals surface area (Å²) < 4.78 is 6.33. The number of fused-ring (bicyclic) bond motifs is 3. The third-order valence-electron chi connectivity index (χ3n) is 9.53. The third kappa shape index (κ3) is 3.00. The first-order valence-electron chi connectivity index (χ1n) is 13.0. The number of rotatable bonds is 3. The van der Waals surface area contributed by atoms with E-state index < -0.39 is 29.2 Å². The quantitative estimate of drug-likeness (QED) is 0.283. The molecule has 6 nitrogen and oxygen atoms in total. The fraction of sp³-hybridized carbons (Fsp3) is 0.323. The number of halogens is 1. The number of likely N-dealkylation sites (tertiary alicyclic amines) is 1. The van der Waals surface area contributed by atoms with Gasteiger partial charge in [0.25, 0.3) is 0 Å². The largest absolute Gasteiger partial charge is 0.468 e. The summed E-state index contributed by atoms with van der Waals surface area (Å²) in [7, 11) is 2.99. The van der Waals surface area contributed by atoms with Crippen LogP contribution in [0.25, 0.3) is 10.8 Å². The third-order valence-corrected chi connectivity index (χ3v) is 10.1. The van der Waals surface area contributed by atoms with Crippen LogP contribution in [0.15, 0.2) is 83.4 Å². The number of hydrogen-bond donors (Lipinski definition) is 1. The lowest BCUT2D eigenvalue weighted by molar-refractivity contribution is -0.150. The van der Waals surface area contributed by atoms with E-state index >= 15 is 0 Å². The van der Waals surface area contributed by atoms with Crippen molar-refractivity contribution in [3.05, 3.63) is 94.5 Å². The topological polar surface area (TPSA) is 75.7 Å². The molecule has 3 aromatic rings. The molecule has 0 radical (unpaired) electrons. The van der Waals surface area contributed by atoms with E-state index in [0.29, 0.717) is 0 Å². The summed E-state index contributed by atoms with van der Waals surface area (Å²) in [6.45, 7) is 0. The molecular formula is C31H27BrN2O4. The number of allylic oxidation sites excluding steroid dienone is 2. The summed E-state index contributed by atoms with van der Waals surface area (Å²) in [4.78, 5) is 42.1. The number of ether oxygens (including phenoxy) is 1. The Labute approximate surface area is 229 Å². The van der Waals surface area contributed by atoms with Gasteiger partial charge in [-0.1, -0.05) is 82.7 Å². The zero-order chi connectivity index (χ0) is 26.3. The summed E-state index contributed by atoms with van der Waals surface area (Å²) in [6, 6.07) is 21.5. The fourth-order valence-corrected chi connectivity index (χ4v) is 8.39. The normalized spacial score (nSPS) is 35.0. The van der Waals surface area contributed by atoms with Crippen molar-refractivity contribution in [1.29, 1.82) is 0 Å². The lowest BCUT2D eigenvalue weighted by atomic mass is 9.55.